The summed E-state index contributed by atoms with van der Waals surface area (Å²) in [5.74, 6) is 0. The number of aromatic nitrogens is 1. The molecule has 0 amide bonds. The first-order chi connectivity index (χ1) is 7.10. The van der Waals surface area contributed by atoms with Crippen molar-refractivity contribution in [3.63, 3.8) is 0 Å². The van der Waals surface area contributed by atoms with Gasteiger partial charge in [0.05, 0.1) is 19.3 Å². The van der Waals surface area contributed by atoms with E-state index in [1.54, 1.807) is 0 Å². The number of aromatic amines is 1. The Hall–Kier alpha value is -0.840. The van der Waals surface area contributed by atoms with E-state index in [4.69, 9.17) is 10.2 Å². The predicted molar refractivity (Wildman–Crippen MR) is 59.8 cm³/mol. The lowest BCUT2D eigenvalue weighted by Crippen LogP contribution is -2.43. The van der Waals surface area contributed by atoms with E-state index < -0.39 is 0 Å². The Morgan fingerprint density at radius 2 is 2.07 bits per heavy atom. The van der Waals surface area contributed by atoms with Gasteiger partial charge in [-0.2, -0.15) is 0 Å². The summed E-state index contributed by atoms with van der Waals surface area (Å²) in [4.78, 5) is 3.17. The molecule has 1 heterocycles. The van der Waals surface area contributed by atoms with Crippen molar-refractivity contribution >= 4 is 0 Å². The van der Waals surface area contributed by atoms with Crippen molar-refractivity contribution in [2.45, 2.75) is 25.3 Å². The first kappa shape index (κ1) is 12.2. The highest BCUT2D eigenvalue weighted by Crippen LogP contribution is 2.19. The van der Waals surface area contributed by atoms with Crippen LogP contribution in [0.3, 0.4) is 0 Å². The zero-order valence-electron chi connectivity index (χ0n) is 9.33. The van der Waals surface area contributed by atoms with Crippen LogP contribution in [0, 0.1) is 0 Å². The Balaban J connectivity index is 2.50. The number of hydrogen-bond acceptors (Lipinski definition) is 3. The minimum atomic E-state index is -0.237. The lowest BCUT2D eigenvalue weighted by Gasteiger charge is -2.26. The Morgan fingerprint density at radius 1 is 1.40 bits per heavy atom. The van der Waals surface area contributed by atoms with Crippen molar-refractivity contribution in [3.05, 3.63) is 24.0 Å². The van der Waals surface area contributed by atoms with Crippen molar-refractivity contribution in [3.8, 4) is 0 Å². The van der Waals surface area contributed by atoms with E-state index in [1.807, 2.05) is 18.3 Å². The Labute approximate surface area is 90.3 Å². The lowest BCUT2D eigenvalue weighted by molar-refractivity contribution is 0.166. The number of rotatable bonds is 6. The minimum absolute atomic E-state index is 0.0356. The SMILES string of the molecule is CC(C)(CNC(CO)CO)c1ccc[nH]1. The summed E-state index contributed by atoms with van der Waals surface area (Å²) in [5, 5.41) is 21.0. The summed E-state index contributed by atoms with van der Waals surface area (Å²) < 4.78 is 0. The normalized spacial score (nSPS) is 12.3. The second kappa shape index (κ2) is 5.30. The smallest absolute Gasteiger partial charge is 0.0607 e. The molecule has 1 aromatic rings. The zero-order valence-corrected chi connectivity index (χ0v) is 9.33. The molecular weight excluding hydrogens is 192 g/mol. The Bertz CT molecular complexity index is 266. The van der Waals surface area contributed by atoms with Crippen LogP contribution in [0.25, 0.3) is 0 Å². The van der Waals surface area contributed by atoms with Gasteiger partial charge < -0.3 is 20.5 Å². The fourth-order valence-electron chi connectivity index (χ4n) is 1.43. The Morgan fingerprint density at radius 3 is 2.53 bits per heavy atom. The van der Waals surface area contributed by atoms with E-state index in [9.17, 15) is 0 Å². The molecule has 4 nitrogen and oxygen atoms in total. The van der Waals surface area contributed by atoms with Gasteiger partial charge in [0.15, 0.2) is 0 Å². The molecule has 0 radical (unpaired) electrons. The largest absolute Gasteiger partial charge is 0.395 e. The van der Waals surface area contributed by atoms with Crippen LogP contribution in [0.1, 0.15) is 19.5 Å². The maximum Gasteiger partial charge on any atom is 0.0607 e. The summed E-state index contributed by atoms with van der Waals surface area (Å²) in [6.07, 6.45) is 1.90. The van der Waals surface area contributed by atoms with Crippen molar-refractivity contribution in [1.29, 1.82) is 0 Å². The standard InChI is InChI=1S/C11H20N2O2/c1-11(2,10-4-3-5-12-10)8-13-9(6-14)7-15/h3-5,9,12-15H,6-8H2,1-2H3. The third kappa shape index (κ3) is 3.34. The van der Waals surface area contributed by atoms with Gasteiger partial charge in [-0.3, -0.25) is 0 Å². The highest BCUT2D eigenvalue weighted by atomic mass is 16.3. The molecule has 0 saturated heterocycles. The van der Waals surface area contributed by atoms with Crippen LogP contribution in [-0.4, -0.2) is 41.0 Å². The van der Waals surface area contributed by atoms with Crippen LogP contribution in [-0.2, 0) is 5.41 Å². The second-order valence-electron chi connectivity index (χ2n) is 4.41. The molecule has 4 N–H and O–H groups in total. The molecule has 0 spiro atoms. The third-order valence-corrected chi connectivity index (χ3v) is 2.60. The molecule has 1 aromatic heterocycles. The molecule has 0 fully saturated rings. The highest BCUT2D eigenvalue weighted by Gasteiger charge is 2.22. The van der Waals surface area contributed by atoms with Crippen LogP contribution in [0.4, 0.5) is 0 Å². The number of aliphatic hydroxyl groups excluding tert-OH is 2. The van der Waals surface area contributed by atoms with Crippen LogP contribution >= 0.6 is 0 Å². The number of nitrogens with one attached hydrogen (secondary N) is 2. The molecule has 0 saturated carbocycles. The van der Waals surface area contributed by atoms with Gasteiger partial charge in [0.2, 0.25) is 0 Å². The van der Waals surface area contributed by atoms with Crippen LogP contribution in [0.5, 0.6) is 0 Å². The molecule has 0 bridgehead atoms. The van der Waals surface area contributed by atoms with Crippen molar-refractivity contribution in [2.24, 2.45) is 0 Å². The van der Waals surface area contributed by atoms with E-state index in [-0.39, 0.29) is 24.7 Å². The van der Waals surface area contributed by atoms with E-state index in [0.29, 0.717) is 6.54 Å². The molecule has 15 heavy (non-hydrogen) atoms. The van der Waals surface area contributed by atoms with Gasteiger partial charge in [-0.1, -0.05) is 13.8 Å². The minimum Gasteiger partial charge on any atom is -0.395 e. The molecule has 0 aliphatic heterocycles. The molecule has 4 heteroatoms. The highest BCUT2D eigenvalue weighted by molar-refractivity contribution is 5.15. The van der Waals surface area contributed by atoms with Gasteiger partial charge in [-0.05, 0) is 12.1 Å². The summed E-state index contributed by atoms with van der Waals surface area (Å²) in [5.41, 5.74) is 1.11. The molecule has 0 atom stereocenters. The lowest BCUT2D eigenvalue weighted by atomic mass is 9.89. The number of aliphatic hydroxyl groups is 2. The predicted octanol–water partition coefficient (Wildman–Crippen LogP) is 0.235. The first-order valence-electron chi connectivity index (χ1n) is 5.19. The average Bonchev–Trinajstić information content (AvgIpc) is 2.72. The number of hydrogen-bond donors (Lipinski definition) is 4. The molecular formula is C11H20N2O2. The number of H-pyrrole nitrogens is 1. The third-order valence-electron chi connectivity index (χ3n) is 2.60. The van der Waals surface area contributed by atoms with Gasteiger partial charge in [0.25, 0.3) is 0 Å². The summed E-state index contributed by atoms with van der Waals surface area (Å²) in [6, 6.07) is 3.76. The van der Waals surface area contributed by atoms with E-state index >= 15 is 0 Å². The molecule has 0 aliphatic rings. The molecule has 1 rings (SSSR count). The maximum absolute atomic E-state index is 8.92. The van der Waals surface area contributed by atoms with Crippen molar-refractivity contribution in [1.82, 2.24) is 10.3 Å². The van der Waals surface area contributed by atoms with Crippen molar-refractivity contribution < 1.29 is 10.2 Å². The second-order valence-corrected chi connectivity index (χ2v) is 4.41. The summed E-state index contributed by atoms with van der Waals surface area (Å²) >= 11 is 0. The quantitative estimate of drug-likeness (QED) is 0.546. The fourth-order valence-corrected chi connectivity index (χ4v) is 1.43. The van der Waals surface area contributed by atoms with Gasteiger partial charge in [-0.25, -0.2) is 0 Å². The van der Waals surface area contributed by atoms with Gasteiger partial charge in [0, 0.05) is 23.9 Å². The summed E-state index contributed by atoms with van der Waals surface area (Å²) in [6.45, 7) is 4.84. The van der Waals surface area contributed by atoms with Gasteiger partial charge in [0.1, 0.15) is 0 Å². The van der Waals surface area contributed by atoms with E-state index in [0.717, 1.165) is 5.69 Å². The van der Waals surface area contributed by atoms with Gasteiger partial charge >= 0.3 is 0 Å². The molecule has 86 valence electrons. The van der Waals surface area contributed by atoms with Gasteiger partial charge in [-0.15, -0.1) is 0 Å². The van der Waals surface area contributed by atoms with E-state index in [2.05, 4.69) is 24.1 Å². The Kier molecular flexibility index (Phi) is 4.32. The van der Waals surface area contributed by atoms with E-state index in [1.165, 1.54) is 0 Å². The fraction of sp³-hybridized carbons (Fsp3) is 0.636. The average molecular weight is 212 g/mol. The maximum atomic E-state index is 8.92. The first-order valence-corrected chi connectivity index (χ1v) is 5.19. The van der Waals surface area contributed by atoms with Crippen LogP contribution < -0.4 is 5.32 Å². The van der Waals surface area contributed by atoms with Crippen LogP contribution in [0.15, 0.2) is 18.3 Å². The van der Waals surface area contributed by atoms with Crippen LogP contribution in [0.2, 0.25) is 0 Å². The molecule has 0 unspecified atom stereocenters. The summed E-state index contributed by atoms with van der Waals surface area (Å²) in [7, 11) is 0. The zero-order chi connectivity index (χ0) is 11.3. The molecule has 0 aromatic carbocycles. The topological polar surface area (TPSA) is 68.3 Å². The van der Waals surface area contributed by atoms with Crippen molar-refractivity contribution in [2.75, 3.05) is 19.8 Å². The monoisotopic (exact) mass is 212 g/mol. The molecule has 0 aliphatic carbocycles.